The molecule has 21 heavy (non-hydrogen) atoms. The van der Waals surface area contributed by atoms with E-state index in [0.29, 0.717) is 11.6 Å². The van der Waals surface area contributed by atoms with Crippen LogP contribution in [-0.2, 0) is 9.59 Å². The van der Waals surface area contributed by atoms with Crippen LogP contribution in [0, 0.1) is 0 Å². The van der Waals surface area contributed by atoms with Gasteiger partial charge in [-0.05, 0) is 19.4 Å². The van der Waals surface area contributed by atoms with E-state index in [1.165, 1.54) is 15.5 Å². The summed E-state index contributed by atoms with van der Waals surface area (Å²) in [5.74, 6) is -0.696. The van der Waals surface area contributed by atoms with Crippen LogP contribution in [-0.4, -0.2) is 15.8 Å². The predicted molar refractivity (Wildman–Crippen MR) is 85.4 cm³/mol. The van der Waals surface area contributed by atoms with Gasteiger partial charge < -0.3 is 0 Å². The van der Waals surface area contributed by atoms with Gasteiger partial charge in [0.2, 0.25) is 5.91 Å². The van der Waals surface area contributed by atoms with Crippen LogP contribution in [0.15, 0.2) is 17.4 Å². The molecule has 1 fully saturated rings. The van der Waals surface area contributed by atoms with Gasteiger partial charge in [0.25, 0.3) is 11.5 Å². The average molecular weight is 308 g/mol. The molecule has 6 heteroatoms. The number of carbonyl (C=O) groups is 2. The van der Waals surface area contributed by atoms with E-state index < -0.39 is 11.9 Å². The summed E-state index contributed by atoms with van der Waals surface area (Å²) in [5, 5.41) is 2.80. The number of amides is 2. The number of imide groups is 1. The molecular weight excluding hydrogens is 288 g/mol. The van der Waals surface area contributed by atoms with Crippen LogP contribution in [0.5, 0.6) is 0 Å². The van der Waals surface area contributed by atoms with Gasteiger partial charge in [0.15, 0.2) is 0 Å². The van der Waals surface area contributed by atoms with Gasteiger partial charge in [0.05, 0.1) is 9.75 Å². The van der Waals surface area contributed by atoms with E-state index in [1.54, 1.807) is 12.2 Å². The molecule has 0 aromatic carbocycles. The van der Waals surface area contributed by atoms with Gasteiger partial charge in [-0.25, -0.2) is 0 Å². The van der Waals surface area contributed by atoms with Crippen molar-refractivity contribution in [1.82, 2.24) is 9.27 Å². The number of rotatable bonds is 2. The number of aromatic nitrogens is 1. The first kappa shape index (κ1) is 17.1. The van der Waals surface area contributed by atoms with Crippen LogP contribution in [0.25, 0.3) is 12.2 Å². The van der Waals surface area contributed by atoms with E-state index in [-0.39, 0.29) is 17.9 Å². The third-order valence-corrected chi connectivity index (χ3v) is 4.20. The van der Waals surface area contributed by atoms with Crippen LogP contribution in [0.1, 0.15) is 39.7 Å². The number of carbonyl (C=O) groups excluding carboxylic acids is 2. The summed E-state index contributed by atoms with van der Waals surface area (Å²) in [7, 11) is 0. The molecular formula is C15H20N2O3S. The highest BCUT2D eigenvalue weighted by molar-refractivity contribution is 7.04. The molecule has 5 nitrogen and oxygen atoms in total. The van der Waals surface area contributed by atoms with Crippen LogP contribution < -0.4 is 20.6 Å². The zero-order valence-corrected chi connectivity index (χ0v) is 13.3. The molecule has 1 saturated heterocycles. The van der Waals surface area contributed by atoms with Crippen LogP contribution >= 0.6 is 11.5 Å². The fourth-order valence-corrected chi connectivity index (χ4v) is 3.09. The molecule has 1 aliphatic heterocycles. The van der Waals surface area contributed by atoms with E-state index in [9.17, 15) is 14.4 Å². The summed E-state index contributed by atoms with van der Waals surface area (Å²) in [6.45, 7) is 9.42. The zero-order valence-electron chi connectivity index (χ0n) is 12.5. The maximum absolute atomic E-state index is 12.3. The highest BCUT2D eigenvalue weighted by Crippen LogP contribution is 2.16. The first-order valence-electron chi connectivity index (χ1n) is 6.93. The lowest BCUT2D eigenvalue weighted by molar-refractivity contribution is -0.135. The number of piperidine rings is 1. The molecule has 2 amide bonds. The van der Waals surface area contributed by atoms with Gasteiger partial charge in [-0.3, -0.25) is 23.7 Å². The normalized spacial score (nSPS) is 19.9. The van der Waals surface area contributed by atoms with Crippen molar-refractivity contribution >= 4 is 35.5 Å². The first-order chi connectivity index (χ1) is 10.1. The lowest BCUT2D eigenvalue weighted by atomic mass is 10.1. The minimum absolute atomic E-state index is 0.215. The topological polar surface area (TPSA) is 68.2 Å². The Morgan fingerprint density at radius 3 is 2.52 bits per heavy atom. The molecule has 0 bridgehead atoms. The largest absolute Gasteiger partial charge is 0.295 e. The molecule has 0 saturated carbocycles. The van der Waals surface area contributed by atoms with Gasteiger partial charge in [-0.1, -0.05) is 44.1 Å². The van der Waals surface area contributed by atoms with Crippen molar-refractivity contribution in [2.24, 2.45) is 0 Å². The summed E-state index contributed by atoms with van der Waals surface area (Å²) in [6, 6.07) is -0.596. The summed E-state index contributed by atoms with van der Waals surface area (Å²) in [5.41, 5.74) is -0.215. The Morgan fingerprint density at radius 2 is 2.00 bits per heavy atom. The summed E-state index contributed by atoms with van der Waals surface area (Å²) in [6.07, 6.45) is 5.62. The Morgan fingerprint density at radius 1 is 1.33 bits per heavy atom. The Hall–Kier alpha value is -1.95. The molecule has 0 radical (unpaired) electrons. The minimum Gasteiger partial charge on any atom is -0.295 e. The second-order valence-electron chi connectivity index (χ2n) is 4.16. The van der Waals surface area contributed by atoms with Crippen molar-refractivity contribution in [3.63, 3.8) is 0 Å². The van der Waals surface area contributed by atoms with Crippen molar-refractivity contribution < 1.29 is 9.59 Å². The smallest absolute Gasteiger partial charge is 0.269 e. The SMILES string of the molecule is C=C/C=c1/c(=O)n(C2CCC(=O)NC2=O)s/c1=C/C.CC. The molecule has 2 rings (SSSR count). The van der Waals surface area contributed by atoms with Crippen molar-refractivity contribution in [1.29, 1.82) is 0 Å². The standard InChI is InChI=1S/C13H14N2O3S.C2H6/c1-3-5-8-10(4-2)19-15(13(8)18)9-6-7-11(16)14-12(9)17;1-2/h3-5,9H,1,6-7H2,2H3,(H,14,16,17);1-2H3/b8-5+,10-4+;. The van der Waals surface area contributed by atoms with Crippen LogP contribution in [0.3, 0.4) is 0 Å². The summed E-state index contributed by atoms with van der Waals surface area (Å²) < 4.78 is 2.24. The number of nitrogens with one attached hydrogen (secondary N) is 1. The Kier molecular flexibility index (Phi) is 6.30. The molecule has 1 aliphatic rings. The van der Waals surface area contributed by atoms with Crippen LogP contribution in [0.4, 0.5) is 0 Å². The van der Waals surface area contributed by atoms with Gasteiger partial charge in [-0.2, -0.15) is 0 Å². The first-order valence-corrected chi connectivity index (χ1v) is 7.70. The second-order valence-corrected chi connectivity index (χ2v) is 5.17. The number of nitrogens with zero attached hydrogens (tertiary/aromatic N) is 1. The monoisotopic (exact) mass is 308 g/mol. The van der Waals surface area contributed by atoms with Crippen LogP contribution in [0.2, 0.25) is 0 Å². The Balaban J connectivity index is 0.00000106. The lowest BCUT2D eigenvalue weighted by Gasteiger charge is -2.20. The van der Waals surface area contributed by atoms with Gasteiger partial charge in [0.1, 0.15) is 6.04 Å². The van der Waals surface area contributed by atoms with Crippen molar-refractivity contribution in [2.75, 3.05) is 0 Å². The van der Waals surface area contributed by atoms with E-state index in [1.807, 2.05) is 26.8 Å². The molecule has 1 unspecified atom stereocenters. The maximum Gasteiger partial charge on any atom is 0.269 e. The quantitative estimate of drug-likeness (QED) is 0.817. The fraction of sp³-hybridized carbons (Fsp3) is 0.400. The number of hydrogen-bond donors (Lipinski definition) is 1. The van der Waals surface area contributed by atoms with Gasteiger partial charge in [-0.15, -0.1) is 0 Å². The molecule has 1 atom stereocenters. The van der Waals surface area contributed by atoms with Gasteiger partial charge in [0, 0.05) is 6.42 Å². The highest BCUT2D eigenvalue weighted by atomic mass is 32.1. The van der Waals surface area contributed by atoms with E-state index >= 15 is 0 Å². The molecule has 114 valence electrons. The molecule has 1 aromatic heterocycles. The zero-order chi connectivity index (χ0) is 16.0. The fourth-order valence-electron chi connectivity index (χ4n) is 2.01. The van der Waals surface area contributed by atoms with Gasteiger partial charge >= 0.3 is 0 Å². The Bertz CT molecular complexity index is 712. The maximum atomic E-state index is 12.3. The summed E-state index contributed by atoms with van der Waals surface area (Å²) in [4.78, 5) is 35.2. The van der Waals surface area contributed by atoms with E-state index in [2.05, 4.69) is 11.9 Å². The molecule has 2 heterocycles. The molecule has 0 aliphatic carbocycles. The highest BCUT2D eigenvalue weighted by Gasteiger charge is 2.29. The summed E-state index contributed by atoms with van der Waals surface area (Å²) >= 11 is 1.24. The Labute approximate surface area is 127 Å². The van der Waals surface area contributed by atoms with E-state index in [4.69, 9.17) is 0 Å². The third-order valence-electron chi connectivity index (χ3n) is 2.93. The van der Waals surface area contributed by atoms with E-state index in [0.717, 1.165) is 4.53 Å². The molecule has 1 aromatic rings. The van der Waals surface area contributed by atoms with Crippen molar-refractivity contribution in [3.8, 4) is 0 Å². The number of hydrogen-bond acceptors (Lipinski definition) is 4. The average Bonchev–Trinajstić information content (AvgIpc) is 2.79. The number of allylic oxidation sites excluding steroid dienone is 1. The molecule has 0 spiro atoms. The predicted octanol–water partition coefficient (Wildman–Crippen LogP) is 0.681. The lowest BCUT2D eigenvalue weighted by Crippen LogP contribution is -2.45. The third kappa shape index (κ3) is 3.58. The van der Waals surface area contributed by atoms with Crippen molar-refractivity contribution in [2.45, 2.75) is 39.7 Å². The van der Waals surface area contributed by atoms with Crippen molar-refractivity contribution in [3.05, 3.63) is 32.8 Å². The second kappa shape index (κ2) is 7.73. The minimum atomic E-state index is -0.596. The molecule has 1 N–H and O–H groups in total.